The number of carbonyl (C=O) groups excluding carboxylic acids is 2. The minimum Gasteiger partial charge on any atom is -0.368 e. The predicted molar refractivity (Wildman–Crippen MR) is 81.2 cm³/mol. The van der Waals surface area contributed by atoms with Crippen molar-refractivity contribution in [3.05, 3.63) is 28.7 Å². The molecule has 2 amide bonds. The molecule has 6 heteroatoms. The summed E-state index contributed by atoms with van der Waals surface area (Å²) in [6, 6.07) is 7.08. The molecule has 108 valence electrons. The van der Waals surface area contributed by atoms with Gasteiger partial charge in [0.2, 0.25) is 11.8 Å². The molecule has 1 aromatic rings. The number of amides is 2. The first-order valence-corrected chi connectivity index (χ1v) is 7.44. The molecule has 0 unspecified atom stereocenters. The maximum Gasteiger partial charge on any atom is 0.238 e. The van der Waals surface area contributed by atoms with Crippen molar-refractivity contribution in [1.29, 1.82) is 0 Å². The van der Waals surface area contributed by atoms with E-state index in [0.717, 1.165) is 36.0 Å². The number of rotatable bonds is 4. The van der Waals surface area contributed by atoms with E-state index in [2.05, 4.69) is 21.2 Å². The van der Waals surface area contributed by atoms with Gasteiger partial charge in [0, 0.05) is 10.2 Å². The van der Waals surface area contributed by atoms with Crippen molar-refractivity contribution in [2.45, 2.75) is 25.3 Å². The van der Waals surface area contributed by atoms with Crippen molar-refractivity contribution >= 4 is 33.4 Å². The Morgan fingerprint density at radius 3 is 2.90 bits per heavy atom. The Balaban J connectivity index is 1.94. The minimum absolute atomic E-state index is 0.128. The van der Waals surface area contributed by atoms with E-state index in [4.69, 9.17) is 5.73 Å². The Morgan fingerprint density at radius 1 is 1.40 bits per heavy atom. The van der Waals surface area contributed by atoms with Gasteiger partial charge < -0.3 is 11.1 Å². The van der Waals surface area contributed by atoms with E-state index in [9.17, 15) is 9.59 Å². The summed E-state index contributed by atoms with van der Waals surface area (Å²) in [5.41, 5.74) is 6.12. The van der Waals surface area contributed by atoms with Crippen LogP contribution in [0.2, 0.25) is 0 Å². The van der Waals surface area contributed by atoms with Gasteiger partial charge in [-0.1, -0.05) is 28.4 Å². The first kappa shape index (κ1) is 15.0. The molecule has 1 saturated heterocycles. The molecule has 1 atom stereocenters. The molecule has 0 radical (unpaired) electrons. The molecule has 0 spiro atoms. The van der Waals surface area contributed by atoms with Crippen molar-refractivity contribution in [1.82, 2.24) is 4.90 Å². The largest absolute Gasteiger partial charge is 0.368 e. The maximum atomic E-state index is 12.0. The lowest BCUT2D eigenvalue weighted by atomic mass is 10.0. The van der Waals surface area contributed by atoms with Crippen molar-refractivity contribution in [2.24, 2.45) is 5.73 Å². The number of hydrogen-bond donors (Lipinski definition) is 2. The van der Waals surface area contributed by atoms with Gasteiger partial charge in [0.05, 0.1) is 12.6 Å². The minimum atomic E-state index is -0.347. The summed E-state index contributed by atoms with van der Waals surface area (Å²) < 4.78 is 0.906. The number of anilines is 1. The molecule has 0 saturated carbocycles. The number of primary amides is 1. The highest BCUT2D eigenvalue weighted by Gasteiger charge is 2.28. The van der Waals surface area contributed by atoms with Crippen LogP contribution in [0.5, 0.6) is 0 Å². The van der Waals surface area contributed by atoms with E-state index in [1.54, 1.807) is 0 Å². The first-order valence-electron chi connectivity index (χ1n) is 6.65. The number of likely N-dealkylation sites (tertiary alicyclic amines) is 1. The third-order valence-electron chi connectivity index (χ3n) is 3.40. The number of nitrogens with one attached hydrogen (secondary N) is 1. The van der Waals surface area contributed by atoms with Crippen LogP contribution >= 0.6 is 15.9 Å². The molecule has 0 aromatic heterocycles. The zero-order valence-corrected chi connectivity index (χ0v) is 12.7. The molecule has 1 fully saturated rings. The van der Waals surface area contributed by atoms with Crippen LogP contribution in [0.15, 0.2) is 28.7 Å². The van der Waals surface area contributed by atoms with Crippen LogP contribution in [0, 0.1) is 0 Å². The van der Waals surface area contributed by atoms with E-state index in [-0.39, 0.29) is 24.4 Å². The van der Waals surface area contributed by atoms with Crippen molar-refractivity contribution < 1.29 is 9.59 Å². The molecule has 20 heavy (non-hydrogen) atoms. The quantitative estimate of drug-likeness (QED) is 0.877. The molecular weight excluding hydrogens is 322 g/mol. The summed E-state index contributed by atoms with van der Waals surface area (Å²) in [5.74, 6) is -0.476. The SMILES string of the molecule is NC(=O)[C@@H]1CCCCN1CC(=O)Nc1cccc(Br)c1. The van der Waals surface area contributed by atoms with Gasteiger partial charge in [-0.15, -0.1) is 0 Å². The zero-order valence-electron chi connectivity index (χ0n) is 11.1. The summed E-state index contributed by atoms with van der Waals surface area (Å²) >= 11 is 3.36. The summed E-state index contributed by atoms with van der Waals surface area (Å²) in [6.45, 7) is 0.930. The molecular formula is C14H18BrN3O2. The number of carbonyl (C=O) groups is 2. The average Bonchev–Trinajstić information content (AvgIpc) is 2.38. The Labute approximate surface area is 126 Å². The number of halogens is 1. The maximum absolute atomic E-state index is 12.0. The van der Waals surface area contributed by atoms with Gasteiger partial charge >= 0.3 is 0 Å². The highest BCUT2D eigenvalue weighted by molar-refractivity contribution is 9.10. The van der Waals surface area contributed by atoms with Gasteiger partial charge in [-0.05, 0) is 37.6 Å². The lowest BCUT2D eigenvalue weighted by molar-refractivity contribution is -0.126. The molecule has 1 aliphatic rings. The van der Waals surface area contributed by atoms with Crippen LogP contribution in [0.3, 0.4) is 0 Å². The van der Waals surface area contributed by atoms with E-state index in [0.29, 0.717) is 0 Å². The van der Waals surface area contributed by atoms with Crippen LogP contribution in [-0.4, -0.2) is 35.8 Å². The van der Waals surface area contributed by atoms with Crippen molar-refractivity contribution in [3.63, 3.8) is 0 Å². The summed E-state index contributed by atoms with van der Waals surface area (Å²) in [5, 5.41) is 2.83. The second-order valence-corrected chi connectivity index (χ2v) is 5.86. The van der Waals surface area contributed by atoms with Gasteiger partial charge in [0.25, 0.3) is 0 Å². The fraction of sp³-hybridized carbons (Fsp3) is 0.429. The lowest BCUT2D eigenvalue weighted by Crippen LogP contribution is -2.50. The molecule has 0 bridgehead atoms. The van der Waals surface area contributed by atoms with Crippen LogP contribution in [0.1, 0.15) is 19.3 Å². The monoisotopic (exact) mass is 339 g/mol. The lowest BCUT2D eigenvalue weighted by Gasteiger charge is -2.32. The van der Waals surface area contributed by atoms with Gasteiger partial charge in [-0.2, -0.15) is 0 Å². The van der Waals surface area contributed by atoms with Crippen molar-refractivity contribution in [3.8, 4) is 0 Å². The Morgan fingerprint density at radius 2 is 2.20 bits per heavy atom. The Kier molecular flexibility index (Phi) is 5.14. The molecule has 3 N–H and O–H groups in total. The number of nitrogens with two attached hydrogens (primary N) is 1. The summed E-state index contributed by atoms with van der Waals surface area (Å²) in [4.78, 5) is 25.3. The zero-order chi connectivity index (χ0) is 14.5. The van der Waals surface area contributed by atoms with Crippen LogP contribution in [0.4, 0.5) is 5.69 Å². The fourth-order valence-electron chi connectivity index (χ4n) is 2.45. The molecule has 1 aliphatic heterocycles. The molecule has 1 aromatic carbocycles. The van der Waals surface area contributed by atoms with Crippen LogP contribution in [0.25, 0.3) is 0 Å². The second kappa shape index (κ2) is 6.85. The first-order chi connectivity index (χ1) is 9.56. The number of nitrogens with zero attached hydrogens (tertiary/aromatic N) is 1. The summed E-state index contributed by atoms with van der Waals surface area (Å²) in [7, 11) is 0. The Hall–Kier alpha value is -1.40. The normalized spacial score (nSPS) is 19.6. The third-order valence-corrected chi connectivity index (χ3v) is 3.89. The molecule has 0 aliphatic carbocycles. The number of piperidine rings is 1. The highest BCUT2D eigenvalue weighted by Crippen LogP contribution is 2.18. The summed E-state index contributed by atoms with van der Waals surface area (Å²) in [6.07, 6.45) is 2.71. The second-order valence-electron chi connectivity index (χ2n) is 4.94. The average molecular weight is 340 g/mol. The van der Waals surface area contributed by atoms with E-state index >= 15 is 0 Å². The van der Waals surface area contributed by atoms with Gasteiger partial charge in [0.15, 0.2) is 0 Å². The predicted octanol–water partition coefficient (Wildman–Crippen LogP) is 1.73. The van der Waals surface area contributed by atoms with Crippen molar-refractivity contribution in [2.75, 3.05) is 18.4 Å². The van der Waals surface area contributed by atoms with E-state index < -0.39 is 0 Å². The third kappa shape index (κ3) is 4.05. The Bertz CT molecular complexity index is 507. The van der Waals surface area contributed by atoms with E-state index in [1.807, 2.05) is 29.2 Å². The van der Waals surface area contributed by atoms with Crippen LogP contribution in [-0.2, 0) is 9.59 Å². The standard InChI is InChI=1S/C14H18BrN3O2/c15-10-4-3-5-11(8-10)17-13(19)9-18-7-2-1-6-12(18)14(16)20/h3-5,8,12H,1-2,6-7,9H2,(H2,16,20)(H,17,19)/t12-/m0/s1. The molecule has 5 nitrogen and oxygen atoms in total. The van der Waals surface area contributed by atoms with E-state index in [1.165, 1.54) is 0 Å². The molecule has 2 rings (SSSR count). The number of hydrogen-bond acceptors (Lipinski definition) is 3. The topological polar surface area (TPSA) is 75.4 Å². The van der Waals surface area contributed by atoms with Crippen LogP contribution < -0.4 is 11.1 Å². The smallest absolute Gasteiger partial charge is 0.238 e. The van der Waals surface area contributed by atoms with Gasteiger partial charge in [-0.3, -0.25) is 14.5 Å². The van der Waals surface area contributed by atoms with Gasteiger partial charge in [0.1, 0.15) is 0 Å². The molecule has 1 heterocycles. The highest BCUT2D eigenvalue weighted by atomic mass is 79.9. The van der Waals surface area contributed by atoms with Gasteiger partial charge in [-0.25, -0.2) is 0 Å². The fourth-order valence-corrected chi connectivity index (χ4v) is 2.85. The number of benzene rings is 1.